The number of H-pyrrole nitrogens is 1. The van der Waals surface area contributed by atoms with Gasteiger partial charge >= 0.3 is 0 Å². The summed E-state index contributed by atoms with van der Waals surface area (Å²) in [6, 6.07) is 8.03. The van der Waals surface area contributed by atoms with Crippen molar-refractivity contribution in [2.24, 2.45) is 5.92 Å². The highest BCUT2D eigenvalue weighted by Crippen LogP contribution is 2.31. The molecule has 1 aromatic heterocycles. The summed E-state index contributed by atoms with van der Waals surface area (Å²) in [7, 11) is 0. The van der Waals surface area contributed by atoms with Gasteiger partial charge in [0.2, 0.25) is 0 Å². The highest BCUT2D eigenvalue weighted by molar-refractivity contribution is 5.98. The normalized spacial score (nSPS) is 21.9. The fourth-order valence-corrected chi connectivity index (χ4v) is 4.30. The van der Waals surface area contributed by atoms with E-state index in [0.717, 1.165) is 48.5 Å². The molecule has 3 fully saturated rings. The summed E-state index contributed by atoms with van der Waals surface area (Å²) in [5.74, 6) is 1.91. The Labute approximate surface area is 165 Å². The van der Waals surface area contributed by atoms with Crippen molar-refractivity contribution in [3.05, 3.63) is 30.0 Å². The van der Waals surface area contributed by atoms with Crippen molar-refractivity contribution in [3.63, 3.8) is 0 Å². The molecule has 2 saturated heterocycles. The number of aromatic nitrogens is 1. The Balaban J connectivity index is 1.22. The van der Waals surface area contributed by atoms with Crippen LogP contribution in [0, 0.1) is 5.92 Å². The number of rotatable bonds is 5. The Kier molecular flexibility index (Phi) is 4.99. The molecule has 1 aliphatic carbocycles. The predicted octanol–water partition coefficient (Wildman–Crippen LogP) is 2.89. The number of morpholine rings is 1. The van der Waals surface area contributed by atoms with Crippen LogP contribution in [0.15, 0.2) is 24.3 Å². The third kappa shape index (κ3) is 4.03. The third-order valence-corrected chi connectivity index (χ3v) is 6.17. The van der Waals surface area contributed by atoms with Gasteiger partial charge in [-0.1, -0.05) is 0 Å². The van der Waals surface area contributed by atoms with Gasteiger partial charge in [-0.05, 0) is 55.9 Å². The van der Waals surface area contributed by atoms with E-state index < -0.39 is 0 Å². The van der Waals surface area contributed by atoms with E-state index in [1.165, 1.54) is 19.4 Å². The molecule has 6 heteroatoms. The van der Waals surface area contributed by atoms with Crippen molar-refractivity contribution < 1.29 is 14.3 Å². The molecule has 0 radical (unpaired) electrons. The van der Waals surface area contributed by atoms with Crippen LogP contribution in [0.2, 0.25) is 0 Å². The van der Waals surface area contributed by atoms with Crippen LogP contribution < -0.4 is 4.74 Å². The van der Waals surface area contributed by atoms with E-state index in [1.54, 1.807) is 0 Å². The van der Waals surface area contributed by atoms with Crippen molar-refractivity contribution in [3.8, 4) is 5.75 Å². The molecule has 0 spiro atoms. The lowest BCUT2D eigenvalue weighted by molar-refractivity contribution is 0.0299. The molecule has 28 heavy (non-hydrogen) atoms. The summed E-state index contributed by atoms with van der Waals surface area (Å²) in [4.78, 5) is 20.4. The molecular weight excluding hydrogens is 354 g/mol. The smallest absolute Gasteiger partial charge is 0.270 e. The summed E-state index contributed by atoms with van der Waals surface area (Å²) in [5.41, 5.74) is 1.62. The van der Waals surface area contributed by atoms with E-state index in [-0.39, 0.29) is 5.91 Å². The van der Waals surface area contributed by atoms with Gasteiger partial charge in [0.05, 0.1) is 13.2 Å². The Hall–Kier alpha value is -2.05. The molecule has 2 aliphatic heterocycles. The average molecular weight is 383 g/mol. The van der Waals surface area contributed by atoms with Crippen molar-refractivity contribution in [2.45, 2.75) is 31.8 Å². The zero-order valence-electron chi connectivity index (χ0n) is 16.4. The minimum Gasteiger partial charge on any atom is -0.490 e. The van der Waals surface area contributed by atoms with E-state index in [2.05, 4.69) is 16.0 Å². The molecule has 5 rings (SSSR count). The zero-order chi connectivity index (χ0) is 18.9. The fraction of sp³-hybridized carbons (Fsp3) is 0.591. The SMILES string of the molecule is O=C(c1cc2cc(OC3CCN(CC4CC4)CC3)ccc2[nH]1)N1CCOCC1. The molecule has 1 aromatic carbocycles. The number of hydrogen-bond donors (Lipinski definition) is 1. The standard InChI is InChI=1S/C22H29N3O3/c26-22(25-9-11-27-12-10-25)21-14-17-13-19(3-4-20(17)23-21)28-18-5-7-24(8-6-18)15-16-1-2-16/h3-4,13-14,16,18,23H,1-2,5-12,15H2. The lowest BCUT2D eigenvalue weighted by Crippen LogP contribution is -2.40. The molecule has 0 bridgehead atoms. The first-order valence-electron chi connectivity index (χ1n) is 10.6. The maximum Gasteiger partial charge on any atom is 0.270 e. The Morgan fingerprint density at radius 1 is 1.07 bits per heavy atom. The molecule has 6 nitrogen and oxygen atoms in total. The third-order valence-electron chi connectivity index (χ3n) is 6.17. The van der Waals surface area contributed by atoms with Crippen molar-refractivity contribution in [2.75, 3.05) is 45.9 Å². The Morgan fingerprint density at radius 2 is 1.86 bits per heavy atom. The molecule has 150 valence electrons. The molecule has 1 N–H and O–H groups in total. The van der Waals surface area contributed by atoms with Gasteiger partial charge in [-0.3, -0.25) is 4.79 Å². The van der Waals surface area contributed by atoms with Gasteiger partial charge in [0, 0.05) is 43.6 Å². The Morgan fingerprint density at radius 3 is 2.61 bits per heavy atom. The van der Waals surface area contributed by atoms with Crippen LogP contribution in [0.3, 0.4) is 0 Å². The second-order valence-electron chi connectivity index (χ2n) is 8.40. The number of fused-ring (bicyclic) bond motifs is 1. The zero-order valence-corrected chi connectivity index (χ0v) is 16.4. The second kappa shape index (κ2) is 7.76. The maximum absolute atomic E-state index is 12.7. The summed E-state index contributed by atoms with van der Waals surface area (Å²) in [5, 5.41) is 1.03. The largest absolute Gasteiger partial charge is 0.490 e. The van der Waals surface area contributed by atoms with E-state index in [4.69, 9.17) is 9.47 Å². The number of likely N-dealkylation sites (tertiary alicyclic amines) is 1. The number of nitrogens with zero attached hydrogens (tertiary/aromatic N) is 2. The van der Waals surface area contributed by atoms with E-state index in [0.29, 0.717) is 38.1 Å². The lowest BCUT2D eigenvalue weighted by Gasteiger charge is -2.32. The van der Waals surface area contributed by atoms with Crippen LogP contribution >= 0.6 is 0 Å². The average Bonchev–Trinajstić information content (AvgIpc) is 3.45. The number of ether oxygens (including phenoxy) is 2. The molecule has 2 aromatic rings. The van der Waals surface area contributed by atoms with Crippen molar-refractivity contribution in [1.82, 2.24) is 14.8 Å². The quantitative estimate of drug-likeness (QED) is 0.863. The summed E-state index contributed by atoms with van der Waals surface area (Å²) < 4.78 is 11.6. The van der Waals surface area contributed by atoms with Gasteiger partial charge in [0.1, 0.15) is 17.5 Å². The monoisotopic (exact) mass is 383 g/mol. The first-order chi connectivity index (χ1) is 13.7. The van der Waals surface area contributed by atoms with Gasteiger partial charge in [-0.15, -0.1) is 0 Å². The number of carbonyl (C=O) groups excluding carboxylic acids is 1. The maximum atomic E-state index is 12.7. The van der Waals surface area contributed by atoms with E-state index >= 15 is 0 Å². The minimum atomic E-state index is 0.0463. The number of nitrogens with one attached hydrogen (secondary N) is 1. The first kappa shape index (κ1) is 18.0. The highest BCUT2D eigenvalue weighted by Gasteiger charge is 2.27. The number of benzene rings is 1. The molecular formula is C22H29N3O3. The lowest BCUT2D eigenvalue weighted by atomic mass is 10.1. The van der Waals surface area contributed by atoms with Crippen LogP contribution in [-0.4, -0.2) is 72.7 Å². The molecule has 3 heterocycles. The van der Waals surface area contributed by atoms with Gasteiger partial charge in [-0.2, -0.15) is 0 Å². The van der Waals surface area contributed by atoms with E-state index in [1.807, 2.05) is 23.1 Å². The van der Waals surface area contributed by atoms with Crippen LogP contribution in [0.4, 0.5) is 0 Å². The van der Waals surface area contributed by atoms with Crippen LogP contribution in [0.1, 0.15) is 36.2 Å². The van der Waals surface area contributed by atoms with Gasteiger partial charge in [-0.25, -0.2) is 0 Å². The van der Waals surface area contributed by atoms with Gasteiger partial charge in [0.25, 0.3) is 5.91 Å². The Bertz CT molecular complexity index is 831. The van der Waals surface area contributed by atoms with Crippen molar-refractivity contribution >= 4 is 16.8 Å². The molecule has 3 aliphatic rings. The fourth-order valence-electron chi connectivity index (χ4n) is 4.30. The van der Waals surface area contributed by atoms with Crippen LogP contribution in [-0.2, 0) is 4.74 Å². The van der Waals surface area contributed by atoms with Crippen LogP contribution in [0.25, 0.3) is 10.9 Å². The van der Waals surface area contributed by atoms with Crippen molar-refractivity contribution in [1.29, 1.82) is 0 Å². The number of carbonyl (C=O) groups is 1. The minimum absolute atomic E-state index is 0.0463. The summed E-state index contributed by atoms with van der Waals surface area (Å²) in [6.45, 7) is 6.11. The summed E-state index contributed by atoms with van der Waals surface area (Å²) >= 11 is 0. The van der Waals surface area contributed by atoms with Gasteiger partial charge < -0.3 is 24.3 Å². The van der Waals surface area contributed by atoms with Crippen LogP contribution in [0.5, 0.6) is 5.75 Å². The second-order valence-corrected chi connectivity index (χ2v) is 8.40. The molecule has 1 amide bonds. The van der Waals surface area contributed by atoms with E-state index in [9.17, 15) is 4.79 Å². The topological polar surface area (TPSA) is 57.8 Å². The predicted molar refractivity (Wildman–Crippen MR) is 108 cm³/mol. The summed E-state index contributed by atoms with van der Waals surface area (Å²) in [6.07, 6.45) is 5.32. The number of piperidine rings is 1. The molecule has 0 unspecified atom stereocenters. The number of amides is 1. The first-order valence-corrected chi connectivity index (χ1v) is 10.6. The number of aromatic amines is 1. The van der Waals surface area contributed by atoms with Gasteiger partial charge in [0.15, 0.2) is 0 Å². The molecule has 0 atom stereocenters. The molecule has 1 saturated carbocycles. The number of hydrogen-bond acceptors (Lipinski definition) is 4. The highest BCUT2D eigenvalue weighted by atomic mass is 16.5.